The van der Waals surface area contributed by atoms with Crippen molar-refractivity contribution < 1.29 is 4.39 Å². The van der Waals surface area contributed by atoms with Gasteiger partial charge in [-0.1, -0.05) is 17.7 Å². The SMILES string of the molecule is Cc1cc(C)n(/N=C\c2c(F)cccc2Cl)c(=O)c1C#N. The first-order valence-corrected chi connectivity index (χ1v) is 6.45. The van der Waals surface area contributed by atoms with Gasteiger partial charge in [-0.25, -0.2) is 9.07 Å². The van der Waals surface area contributed by atoms with Crippen molar-refractivity contribution >= 4 is 17.8 Å². The minimum atomic E-state index is -0.543. The van der Waals surface area contributed by atoms with Gasteiger partial charge in [0.15, 0.2) is 0 Å². The maximum absolute atomic E-state index is 13.6. The van der Waals surface area contributed by atoms with E-state index in [9.17, 15) is 9.18 Å². The third-order valence-corrected chi connectivity index (χ3v) is 3.30. The minimum absolute atomic E-state index is 0.0115. The fourth-order valence-corrected chi connectivity index (χ4v) is 2.12. The fourth-order valence-electron chi connectivity index (χ4n) is 1.91. The Morgan fingerprint density at radius 1 is 1.43 bits per heavy atom. The molecule has 0 unspecified atom stereocenters. The Labute approximate surface area is 125 Å². The van der Waals surface area contributed by atoms with E-state index >= 15 is 0 Å². The van der Waals surface area contributed by atoms with Gasteiger partial charge in [-0.3, -0.25) is 4.79 Å². The van der Waals surface area contributed by atoms with Gasteiger partial charge in [0.25, 0.3) is 5.56 Å². The number of nitrogens with zero attached hydrogens (tertiary/aromatic N) is 3. The van der Waals surface area contributed by atoms with Crippen LogP contribution in [0.2, 0.25) is 5.02 Å². The van der Waals surface area contributed by atoms with Crippen LogP contribution in [0, 0.1) is 31.0 Å². The quantitative estimate of drug-likeness (QED) is 0.801. The highest BCUT2D eigenvalue weighted by Crippen LogP contribution is 2.16. The first kappa shape index (κ1) is 14.9. The Bertz CT molecular complexity index is 814. The van der Waals surface area contributed by atoms with E-state index < -0.39 is 11.4 Å². The van der Waals surface area contributed by atoms with Crippen molar-refractivity contribution in [3.8, 4) is 6.07 Å². The van der Waals surface area contributed by atoms with Crippen molar-refractivity contribution in [2.45, 2.75) is 13.8 Å². The van der Waals surface area contributed by atoms with Gasteiger partial charge >= 0.3 is 0 Å². The van der Waals surface area contributed by atoms with Gasteiger partial charge in [0.2, 0.25) is 0 Å². The lowest BCUT2D eigenvalue weighted by Gasteiger charge is -2.06. The Morgan fingerprint density at radius 2 is 2.14 bits per heavy atom. The molecule has 1 heterocycles. The summed E-state index contributed by atoms with van der Waals surface area (Å²) in [6.07, 6.45) is 1.17. The van der Waals surface area contributed by atoms with Crippen LogP contribution in [0.1, 0.15) is 22.4 Å². The number of benzene rings is 1. The Morgan fingerprint density at radius 3 is 2.76 bits per heavy atom. The zero-order valence-electron chi connectivity index (χ0n) is 11.4. The number of nitriles is 1. The van der Waals surface area contributed by atoms with E-state index in [4.69, 9.17) is 16.9 Å². The highest BCUT2D eigenvalue weighted by molar-refractivity contribution is 6.33. The summed E-state index contributed by atoms with van der Waals surface area (Å²) in [5.41, 5.74) is 0.677. The Hall–Kier alpha value is -2.45. The van der Waals surface area contributed by atoms with Crippen LogP contribution in [-0.4, -0.2) is 10.9 Å². The molecule has 6 heteroatoms. The number of pyridine rings is 1. The van der Waals surface area contributed by atoms with Crippen molar-refractivity contribution in [3.05, 3.63) is 67.8 Å². The van der Waals surface area contributed by atoms with Crippen LogP contribution < -0.4 is 5.56 Å². The van der Waals surface area contributed by atoms with Crippen molar-refractivity contribution in [1.82, 2.24) is 4.68 Å². The van der Waals surface area contributed by atoms with Gasteiger partial charge in [0, 0.05) is 11.3 Å². The van der Waals surface area contributed by atoms with E-state index in [-0.39, 0.29) is 16.1 Å². The van der Waals surface area contributed by atoms with Crippen molar-refractivity contribution in [2.75, 3.05) is 0 Å². The van der Waals surface area contributed by atoms with Gasteiger partial charge in [-0.05, 0) is 37.6 Å². The van der Waals surface area contributed by atoms with Crippen LogP contribution in [0.3, 0.4) is 0 Å². The molecular formula is C15H11ClFN3O. The molecule has 0 aliphatic heterocycles. The highest BCUT2D eigenvalue weighted by atomic mass is 35.5. The summed E-state index contributed by atoms with van der Waals surface area (Å²) in [5.74, 6) is -0.537. The number of aromatic nitrogens is 1. The molecular weight excluding hydrogens is 293 g/mol. The summed E-state index contributed by atoms with van der Waals surface area (Å²) >= 11 is 5.89. The lowest BCUT2D eigenvalue weighted by atomic mass is 10.1. The zero-order valence-corrected chi connectivity index (χ0v) is 12.1. The van der Waals surface area contributed by atoms with Crippen molar-refractivity contribution in [3.63, 3.8) is 0 Å². The molecule has 0 radical (unpaired) electrons. The molecule has 1 aromatic carbocycles. The topological polar surface area (TPSA) is 58.1 Å². The van der Waals surface area contributed by atoms with E-state index in [1.54, 1.807) is 19.9 Å². The van der Waals surface area contributed by atoms with E-state index in [2.05, 4.69) is 5.10 Å². The molecule has 0 N–H and O–H groups in total. The van der Waals surface area contributed by atoms with Gasteiger partial charge in [0.05, 0.1) is 11.2 Å². The molecule has 0 bridgehead atoms. The van der Waals surface area contributed by atoms with Crippen molar-refractivity contribution in [1.29, 1.82) is 5.26 Å². The summed E-state index contributed by atoms with van der Waals surface area (Å²) in [6.45, 7) is 3.35. The monoisotopic (exact) mass is 303 g/mol. The standard InChI is InChI=1S/C15H11ClFN3O/c1-9-6-10(2)20(15(21)11(9)7-18)19-8-12-13(16)4-3-5-14(12)17/h3-6,8H,1-2H3/b19-8-. The second-order valence-electron chi connectivity index (χ2n) is 4.45. The molecule has 0 saturated heterocycles. The third-order valence-electron chi connectivity index (χ3n) is 2.97. The molecule has 0 spiro atoms. The van der Waals surface area contributed by atoms with E-state index in [1.165, 1.54) is 24.4 Å². The second kappa shape index (κ2) is 5.90. The van der Waals surface area contributed by atoms with Crippen LogP contribution in [0.15, 0.2) is 34.2 Å². The lowest BCUT2D eigenvalue weighted by Crippen LogP contribution is -2.22. The number of hydrogen-bond acceptors (Lipinski definition) is 3. The zero-order chi connectivity index (χ0) is 15.6. The van der Waals surface area contributed by atoms with Crippen molar-refractivity contribution in [2.24, 2.45) is 5.10 Å². The number of aryl methyl sites for hydroxylation is 2. The van der Waals surface area contributed by atoms with E-state index in [0.717, 1.165) is 4.68 Å². The van der Waals surface area contributed by atoms with E-state index in [0.29, 0.717) is 11.3 Å². The Kier molecular flexibility index (Phi) is 4.20. The normalized spacial score (nSPS) is 10.8. The molecule has 0 amide bonds. The molecule has 1 aromatic heterocycles. The summed E-state index contributed by atoms with van der Waals surface area (Å²) in [7, 11) is 0. The predicted octanol–water partition coefficient (Wildman–Crippen LogP) is 3.01. The minimum Gasteiger partial charge on any atom is -0.266 e. The molecule has 0 atom stereocenters. The Balaban J connectivity index is 2.58. The summed E-state index contributed by atoms with van der Waals surface area (Å²) in [5, 5.41) is 13.1. The summed E-state index contributed by atoms with van der Waals surface area (Å²) in [4.78, 5) is 12.1. The summed E-state index contributed by atoms with van der Waals surface area (Å²) < 4.78 is 14.7. The van der Waals surface area contributed by atoms with Gasteiger partial charge < -0.3 is 0 Å². The molecule has 21 heavy (non-hydrogen) atoms. The second-order valence-corrected chi connectivity index (χ2v) is 4.86. The molecule has 0 aliphatic rings. The largest absolute Gasteiger partial charge is 0.289 e. The van der Waals surface area contributed by atoms with Crippen LogP contribution in [0.5, 0.6) is 0 Å². The molecule has 2 rings (SSSR count). The third kappa shape index (κ3) is 2.86. The lowest BCUT2D eigenvalue weighted by molar-refractivity contribution is 0.625. The van der Waals surface area contributed by atoms with Crippen LogP contribution in [0.4, 0.5) is 4.39 Å². The molecule has 4 nitrogen and oxygen atoms in total. The molecule has 106 valence electrons. The highest BCUT2D eigenvalue weighted by Gasteiger charge is 2.10. The van der Waals surface area contributed by atoms with Crippen LogP contribution in [0.25, 0.3) is 0 Å². The van der Waals surface area contributed by atoms with Crippen LogP contribution >= 0.6 is 11.6 Å². The molecule has 0 aliphatic carbocycles. The maximum atomic E-state index is 13.6. The smallest absolute Gasteiger partial charge is 0.266 e. The average Bonchev–Trinajstić information content (AvgIpc) is 2.41. The predicted molar refractivity (Wildman–Crippen MR) is 79.3 cm³/mol. The van der Waals surface area contributed by atoms with Crippen LogP contribution in [-0.2, 0) is 0 Å². The number of halogens is 2. The van der Waals surface area contributed by atoms with E-state index in [1.807, 2.05) is 6.07 Å². The molecule has 0 fully saturated rings. The maximum Gasteiger partial charge on any atom is 0.289 e. The fraction of sp³-hybridized carbons (Fsp3) is 0.133. The number of hydrogen-bond donors (Lipinski definition) is 0. The van der Waals surface area contributed by atoms with Gasteiger partial charge in [-0.15, -0.1) is 0 Å². The first-order valence-electron chi connectivity index (χ1n) is 6.07. The first-order chi connectivity index (χ1) is 9.95. The molecule has 0 saturated carbocycles. The average molecular weight is 304 g/mol. The summed E-state index contributed by atoms with van der Waals surface area (Å²) in [6, 6.07) is 7.76. The van der Waals surface area contributed by atoms with Gasteiger partial charge in [0.1, 0.15) is 17.4 Å². The molecule has 2 aromatic rings. The number of rotatable bonds is 2. The van der Waals surface area contributed by atoms with Gasteiger partial charge in [-0.2, -0.15) is 10.4 Å².